The Labute approximate surface area is 131 Å². The molecule has 0 aliphatic carbocycles. The maximum Gasteiger partial charge on any atom is 0.277 e. The van der Waals surface area contributed by atoms with E-state index in [1.807, 2.05) is 62.4 Å². The first-order valence-electron chi connectivity index (χ1n) is 7.59. The van der Waals surface area contributed by atoms with E-state index in [0.717, 1.165) is 24.4 Å². The topological polar surface area (TPSA) is 32.7 Å². The number of rotatable bonds is 4. The maximum absolute atomic E-state index is 12.5. The molecule has 2 aromatic rings. The molecule has 22 heavy (non-hydrogen) atoms. The summed E-state index contributed by atoms with van der Waals surface area (Å²) in [5.41, 5.74) is 1.57. The normalized spacial score (nSPS) is 21.1. The smallest absolute Gasteiger partial charge is 0.277 e. The third-order valence-electron chi connectivity index (χ3n) is 4.41. The van der Waals surface area contributed by atoms with Crippen LogP contribution in [0.3, 0.4) is 0 Å². The van der Waals surface area contributed by atoms with Crippen LogP contribution in [0.2, 0.25) is 0 Å². The van der Waals surface area contributed by atoms with E-state index in [2.05, 4.69) is 22.0 Å². The average molecular weight is 292 g/mol. The summed E-state index contributed by atoms with van der Waals surface area (Å²) in [4.78, 5) is 18.8. The van der Waals surface area contributed by atoms with Crippen molar-refractivity contribution in [2.45, 2.75) is 25.8 Å². The van der Waals surface area contributed by atoms with E-state index in [1.165, 1.54) is 5.56 Å². The Morgan fingerprint density at radius 1 is 1.00 bits per heavy atom. The van der Waals surface area contributed by atoms with Gasteiger partial charge >= 0.3 is 0 Å². The van der Waals surface area contributed by atoms with E-state index in [4.69, 9.17) is 0 Å². The fraction of sp³-hybridized carbons (Fsp3) is 0.263. The Kier molecular flexibility index (Phi) is 3.80. The van der Waals surface area contributed by atoms with Crippen molar-refractivity contribution in [2.75, 3.05) is 6.54 Å². The fourth-order valence-corrected chi connectivity index (χ4v) is 3.07. The maximum atomic E-state index is 12.5. The van der Waals surface area contributed by atoms with Crippen LogP contribution in [0.15, 0.2) is 65.7 Å². The summed E-state index contributed by atoms with van der Waals surface area (Å²) in [6.07, 6.45) is 0.892. The molecule has 1 heterocycles. The summed E-state index contributed by atoms with van der Waals surface area (Å²) in [5.74, 6) is 0.719. The summed E-state index contributed by atoms with van der Waals surface area (Å²) in [6.45, 7) is 4.66. The van der Waals surface area contributed by atoms with Gasteiger partial charge in [-0.3, -0.25) is 4.79 Å². The number of carbonyl (C=O) groups is 1. The molecule has 0 unspecified atom stereocenters. The number of amides is 1. The highest BCUT2D eigenvalue weighted by atomic mass is 16.2. The molecule has 3 heteroatoms. The van der Waals surface area contributed by atoms with E-state index < -0.39 is 5.54 Å². The Morgan fingerprint density at radius 2 is 1.59 bits per heavy atom. The lowest BCUT2D eigenvalue weighted by Gasteiger charge is -2.35. The molecule has 0 radical (unpaired) electrons. The van der Waals surface area contributed by atoms with E-state index >= 15 is 0 Å². The number of benzene rings is 2. The summed E-state index contributed by atoms with van der Waals surface area (Å²) in [6, 6.07) is 20.2. The lowest BCUT2D eigenvalue weighted by atomic mass is 9.90. The first-order valence-corrected chi connectivity index (χ1v) is 7.59. The number of nitrogens with zero attached hydrogens (tertiary/aromatic N) is 2. The standard InChI is InChI=1S/C19H20N2O/c1-15-20-18(22)19(2,17-11-7-4-8-12-17)21(15)14-13-16-9-5-3-6-10-16/h3-12H,13-14H2,1-2H3/t19-/m0/s1. The molecule has 1 aliphatic heterocycles. The molecule has 0 fully saturated rings. The van der Waals surface area contributed by atoms with Crippen molar-refractivity contribution >= 4 is 11.7 Å². The van der Waals surface area contributed by atoms with E-state index in [1.54, 1.807) is 0 Å². The minimum atomic E-state index is -0.694. The van der Waals surface area contributed by atoms with Crippen LogP contribution in [0.25, 0.3) is 0 Å². The number of aliphatic imine (C=N–C) groups is 1. The molecule has 112 valence electrons. The van der Waals surface area contributed by atoms with Crippen LogP contribution in [-0.2, 0) is 16.8 Å². The average Bonchev–Trinajstić information content (AvgIpc) is 2.78. The Hall–Kier alpha value is -2.42. The van der Waals surface area contributed by atoms with Crippen LogP contribution in [-0.4, -0.2) is 23.2 Å². The van der Waals surface area contributed by atoms with E-state index in [9.17, 15) is 4.79 Å². The zero-order valence-electron chi connectivity index (χ0n) is 13.0. The van der Waals surface area contributed by atoms with E-state index in [0.29, 0.717) is 0 Å². The van der Waals surface area contributed by atoms with Gasteiger partial charge in [-0.1, -0.05) is 60.7 Å². The molecule has 1 atom stereocenters. The van der Waals surface area contributed by atoms with Gasteiger partial charge in [-0.05, 0) is 31.4 Å². The van der Waals surface area contributed by atoms with Crippen LogP contribution >= 0.6 is 0 Å². The predicted octanol–water partition coefficient (Wildman–Crippen LogP) is 3.41. The molecule has 0 spiro atoms. The second-order valence-electron chi connectivity index (χ2n) is 5.79. The van der Waals surface area contributed by atoms with Gasteiger partial charge in [-0.25, -0.2) is 0 Å². The number of carbonyl (C=O) groups excluding carboxylic acids is 1. The quantitative estimate of drug-likeness (QED) is 0.865. The minimum absolute atomic E-state index is 0.0794. The molecule has 0 bridgehead atoms. The molecule has 3 nitrogen and oxygen atoms in total. The van der Waals surface area contributed by atoms with Gasteiger partial charge in [-0.15, -0.1) is 0 Å². The Morgan fingerprint density at radius 3 is 2.23 bits per heavy atom. The fourth-order valence-electron chi connectivity index (χ4n) is 3.07. The second-order valence-corrected chi connectivity index (χ2v) is 5.79. The number of hydrogen-bond donors (Lipinski definition) is 0. The summed E-state index contributed by atoms with van der Waals surface area (Å²) < 4.78 is 0. The lowest BCUT2D eigenvalue weighted by Crippen LogP contribution is -2.47. The van der Waals surface area contributed by atoms with Crippen LogP contribution in [0, 0.1) is 0 Å². The molecular weight excluding hydrogens is 272 g/mol. The molecule has 0 N–H and O–H groups in total. The second kappa shape index (κ2) is 5.76. The van der Waals surface area contributed by atoms with Gasteiger partial charge in [0.1, 0.15) is 11.4 Å². The monoisotopic (exact) mass is 292 g/mol. The highest BCUT2D eigenvalue weighted by molar-refractivity contribution is 6.05. The first kappa shape index (κ1) is 14.5. The highest BCUT2D eigenvalue weighted by Crippen LogP contribution is 2.34. The zero-order valence-corrected chi connectivity index (χ0v) is 13.0. The first-order chi connectivity index (χ1) is 10.6. The van der Waals surface area contributed by atoms with Gasteiger partial charge in [0.2, 0.25) is 0 Å². The van der Waals surface area contributed by atoms with Gasteiger partial charge in [0.05, 0.1) is 0 Å². The van der Waals surface area contributed by atoms with Crippen LogP contribution in [0.1, 0.15) is 25.0 Å². The molecule has 3 rings (SSSR count). The molecule has 0 saturated heterocycles. The third-order valence-corrected chi connectivity index (χ3v) is 4.41. The van der Waals surface area contributed by atoms with Crippen molar-refractivity contribution in [3.8, 4) is 0 Å². The molecule has 0 saturated carbocycles. The van der Waals surface area contributed by atoms with Crippen LogP contribution < -0.4 is 0 Å². The van der Waals surface area contributed by atoms with Gasteiger partial charge in [0, 0.05) is 6.54 Å². The largest absolute Gasteiger partial charge is 0.342 e. The van der Waals surface area contributed by atoms with Gasteiger partial charge < -0.3 is 4.90 Å². The van der Waals surface area contributed by atoms with Crippen molar-refractivity contribution in [3.63, 3.8) is 0 Å². The Balaban J connectivity index is 1.87. The van der Waals surface area contributed by atoms with Gasteiger partial charge in [0.25, 0.3) is 5.91 Å². The third kappa shape index (κ3) is 2.43. The summed E-state index contributed by atoms with van der Waals surface area (Å²) >= 11 is 0. The van der Waals surface area contributed by atoms with E-state index in [-0.39, 0.29) is 5.91 Å². The summed E-state index contributed by atoms with van der Waals surface area (Å²) in [5, 5.41) is 0. The minimum Gasteiger partial charge on any atom is -0.342 e. The SMILES string of the molecule is CC1=NC(=O)[C@](C)(c2ccccc2)N1CCc1ccccc1. The van der Waals surface area contributed by atoms with Crippen molar-refractivity contribution in [1.82, 2.24) is 4.90 Å². The van der Waals surface area contributed by atoms with Crippen molar-refractivity contribution in [2.24, 2.45) is 4.99 Å². The number of hydrogen-bond acceptors (Lipinski definition) is 2. The molecule has 1 aliphatic rings. The Bertz CT molecular complexity index is 694. The molecular formula is C19H20N2O. The zero-order chi connectivity index (χ0) is 15.6. The lowest BCUT2D eigenvalue weighted by molar-refractivity contribution is -0.125. The van der Waals surface area contributed by atoms with Gasteiger partial charge in [-0.2, -0.15) is 4.99 Å². The highest BCUT2D eigenvalue weighted by Gasteiger charge is 2.46. The van der Waals surface area contributed by atoms with Crippen LogP contribution in [0.4, 0.5) is 0 Å². The van der Waals surface area contributed by atoms with Crippen molar-refractivity contribution in [1.29, 1.82) is 0 Å². The van der Waals surface area contributed by atoms with Crippen LogP contribution in [0.5, 0.6) is 0 Å². The molecule has 2 aromatic carbocycles. The number of amidine groups is 1. The van der Waals surface area contributed by atoms with Crippen molar-refractivity contribution in [3.05, 3.63) is 71.8 Å². The predicted molar refractivity (Wildman–Crippen MR) is 88.8 cm³/mol. The molecule has 0 aromatic heterocycles. The summed E-state index contributed by atoms with van der Waals surface area (Å²) in [7, 11) is 0. The van der Waals surface area contributed by atoms with Crippen molar-refractivity contribution < 1.29 is 4.79 Å². The van der Waals surface area contributed by atoms with Gasteiger partial charge in [0.15, 0.2) is 0 Å². The molecule has 1 amide bonds.